The molecule has 16 heavy (non-hydrogen) atoms. The first kappa shape index (κ1) is 11.3. The van der Waals surface area contributed by atoms with Crippen LogP contribution in [0.2, 0.25) is 5.02 Å². The van der Waals surface area contributed by atoms with Gasteiger partial charge in [0.05, 0.1) is 0 Å². The van der Waals surface area contributed by atoms with Crippen LogP contribution in [0, 0.1) is 0 Å². The van der Waals surface area contributed by atoms with Crippen molar-refractivity contribution in [2.45, 2.75) is 10.6 Å². The van der Waals surface area contributed by atoms with E-state index in [0.29, 0.717) is 5.82 Å². The monoisotopic (exact) mass is 250 g/mol. The van der Waals surface area contributed by atoms with E-state index in [-0.39, 0.29) is 0 Å². The third-order valence-corrected chi connectivity index (χ3v) is 3.35. The fraction of sp³-hybridized carbons (Fsp3) is 0.0833. The lowest BCUT2D eigenvalue weighted by Gasteiger charge is -2.02. The van der Waals surface area contributed by atoms with Gasteiger partial charge in [0.2, 0.25) is 0 Å². The molecule has 0 spiro atoms. The zero-order valence-electron chi connectivity index (χ0n) is 8.56. The van der Waals surface area contributed by atoms with Crippen LogP contribution in [0.15, 0.2) is 47.5 Å². The second-order valence-corrected chi connectivity index (χ2v) is 4.82. The normalized spacial score (nSPS) is 10.3. The van der Waals surface area contributed by atoms with Gasteiger partial charge in [-0.3, -0.25) is 0 Å². The molecule has 0 amide bonds. The molecular weight excluding hydrogens is 240 g/mol. The summed E-state index contributed by atoms with van der Waals surface area (Å²) in [4.78, 5) is 5.20. The van der Waals surface area contributed by atoms with Crippen LogP contribution in [0.5, 0.6) is 0 Å². The Morgan fingerprint density at radius 1 is 1.25 bits per heavy atom. The van der Waals surface area contributed by atoms with Crippen molar-refractivity contribution in [3.63, 3.8) is 0 Å². The molecule has 0 radical (unpaired) electrons. The van der Waals surface area contributed by atoms with Gasteiger partial charge < -0.3 is 5.73 Å². The number of pyridine rings is 1. The van der Waals surface area contributed by atoms with E-state index in [1.54, 1.807) is 18.0 Å². The van der Waals surface area contributed by atoms with Crippen molar-refractivity contribution in [1.82, 2.24) is 4.98 Å². The summed E-state index contributed by atoms with van der Waals surface area (Å²) in [7, 11) is 0. The Labute approximate surface area is 104 Å². The maximum atomic E-state index is 5.91. The Hall–Kier alpha value is -1.19. The van der Waals surface area contributed by atoms with Crippen LogP contribution in [0.3, 0.4) is 0 Å². The van der Waals surface area contributed by atoms with E-state index < -0.39 is 0 Å². The summed E-state index contributed by atoms with van der Waals surface area (Å²) in [5.74, 6) is 1.42. The molecule has 0 unspecified atom stereocenters. The topological polar surface area (TPSA) is 38.9 Å². The standard InChI is InChI=1S/C12H11ClN2S/c13-10-2-1-3-11(6-10)16-8-9-4-5-12(14)15-7-9/h1-7H,8H2,(H2,14,15). The third-order valence-electron chi connectivity index (χ3n) is 2.05. The molecule has 1 aromatic heterocycles. The van der Waals surface area contributed by atoms with Gasteiger partial charge in [-0.05, 0) is 29.8 Å². The predicted octanol–water partition coefficient (Wildman–Crippen LogP) is 3.61. The average molecular weight is 251 g/mol. The number of benzene rings is 1. The minimum absolute atomic E-state index is 0.552. The number of hydrogen-bond acceptors (Lipinski definition) is 3. The summed E-state index contributed by atoms with van der Waals surface area (Å²) in [6.07, 6.45) is 1.80. The van der Waals surface area contributed by atoms with Gasteiger partial charge in [-0.25, -0.2) is 4.98 Å². The predicted molar refractivity (Wildman–Crippen MR) is 69.7 cm³/mol. The zero-order valence-corrected chi connectivity index (χ0v) is 10.1. The van der Waals surface area contributed by atoms with Crippen molar-refractivity contribution in [2.24, 2.45) is 0 Å². The first-order chi connectivity index (χ1) is 7.74. The molecule has 2 aromatic rings. The van der Waals surface area contributed by atoms with E-state index in [4.69, 9.17) is 17.3 Å². The van der Waals surface area contributed by atoms with Crippen molar-refractivity contribution in [3.05, 3.63) is 53.2 Å². The third kappa shape index (κ3) is 3.15. The van der Waals surface area contributed by atoms with E-state index in [2.05, 4.69) is 4.98 Å². The fourth-order valence-electron chi connectivity index (χ4n) is 1.24. The number of nitrogen functional groups attached to an aromatic ring is 1. The van der Waals surface area contributed by atoms with Crippen LogP contribution >= 0.6 is 23.4 Å². The highest BCUT2D eigenvalue weighted by Crippen LogP contribution is 2.24. The molecule has 4 heteroatoms. The number of hydrogen-bond donors (Lipinski definition) is 1. The van der Waals surface area contributed by atoms with Gasteiger partial charge in [-0.15, -0.1) is 11.8 Å². The lowest BCUT2D eigenvalue weighted by molar-refractivity contribution is 1.26. The molecule has 0 saturated carbocycles. The van der Waals surface area contributed by atoms with Crippen molar-refractivity contribution in [3.8, 4) is 0 Å². The Balaban J connectivity index is 1.99. The number of nitrogens with two attached hydrogens (primary N) is 1. The van der Waals surface area contributed by atoms with E-state index in [1.807, 2.05) is 36.4 Å². The average Bonchev–Trinajstić information content (AvgIpc) is 2.28. The molecule has 2 rings (SSSR count). The SMILES string of the molecule is Nc1ccc(CSc2cccc(Cl)c2)cn1. The van der Waals surface area contributed by atoms with Crippen LogP contribution in [-0.4, -0.2) is 4.98 Å². The maximum Gasteiger partial charge on any atom is 0.123 e. The van der Waals surface area contributed by atoms with Gasteiger partial charge in [0, 0.05) is 21.9 Å². The summed E-state index contributed by atoms with van der Waals surface area (Å²) in [6, 6.07) is 11.6. The number of nitrogens with zero attached hydrogens (tertiary/aromatic N) is 1. The first-order valence-corrected chi connectivity index (χ1v) is 6.19. The molecule has 82 valence electrons. The van der Waals surface area contributed by atoms with Crippen LogP contribution in [0.25, 0.3) is 0 Å². The van der Waals surface area contributed by atoms with Crippen LogP contribution in [-0.2, 0) is 5.75 Å². The van der Waals surface area contributed by atoms with Crippen molar-refractivity contribution < 1.29 is 0 Å². The molecule has 0 aliphatic heterocycles. The molecule has 0 aliphatic carbocycles. The number of rotatable bonds is 3. The van der Waals surface area contributed by atoms with Crippen LogP contribution in [0.4, 0.5) is 5.82 Å². The smallest absolute Gasteiger partial charge is 0.123 e. The van der Waals surface area contributed by atoms with Crippen LogP contribution in [0.1, 0.15) is 5.56 Å². The van der Waals surface area contributed by atoms with Crippen molar-refractivity contribution >= 4 is 29.2 Å². The minimum Gasteiger partial charge on any atom is -0.384 e. The first-order valence-electron chi connectivity index (χ1n) is 4.83. The van der Waals surface area contributed by atoms with Gasteiger partial charge >= 0.3 is 0 Å². The van der Waals surface area contributed by atoms with Gasteiger partial charge in [-0.2, -0.15) is 0 Å². The van der Waals surface area contributed by atoms with Crippen LogP contribution < -0.4 is 5.73 Å². The number of anilines is 1. The van der Waals surface area contributed by atoms with E-state index in [0.717, 1.165) is 21.2 Å². The largest absolute Gasteiger partial charge is 0.384 e. The molecule has 0 saturated heterocycles. The maximum absolute atomic E-state index is 5.91. The zero-order chi connectivity index (χ0) is 11.4. The summed E-state index contributed by atoms with van der Waals surface area (Å²) in [5.41, 5.74) is 6.67. The van der Waals surface area contributed by atoms with Gasteiger partial charge in [-0.1, -0.05) is 23.7 Å². The molecule has 0 fully saturated rings. The Morgan fingerprint density at radius 3 is 2.81 bits per heavy atom. The molecule has 0 atom stereocenters. The lowest BCUT2D eigenvalue weighted by atomic mass is 10.3. The quantitative estimate of drug-likeness (QED) is 0.846. The van der Waals surface area contributed by atoms with E-state index in [9.17, 15) is 0 Å². The van der Waals surface area contributed by atoms with Gasteiger partial charge in [0.15, 0.2) is 0 Å². The Morgan fingerprint density at radius 2 is 2.12 bits per heavy atom. The Kier molecular flexibility index (Phi) is 3.70. The molecule has 0 bridgehead atoms. The molecule has 1 aromatic carbocycles. The number of halogens is 1. The van der Waals surface area contributed by atoms with Crippen molar-refractivity contribution in [2.75, 3.05) is 5.73 Å². The highest BCUT2D eigenvalue weighted by Gasteiger charge is 1.97. The highest BCUT2D eigenvalue weighted by molar-refractivity contribution is 7.98. The molecular formula is C12H11ClN2S. The van der Waals surface area contributed by atoms with Gasteiger partial charge in [0.25, 0.3) is 0 Å². The van der Waals surface area contributed by atoms with E-state index >= 15 is 0 Å². The Bertz CT molecular complexity index is 471. The second kappa shape index (κ2) is 5.23. The summed E-state index contributed by atoms with van der Waals surface area (Å²) in [6.45, 7) is 0. The lowest BCUT2D eigenvalue weighted by Crippen LogP contribution is -1.90. The highest BCUT2D eigenvalue weighted by atomic mass is 35.5. The fourth-order valence-corrected chi connectivity index (χ4v) is 2.39. The summed E-state index contributed by atoms with van der Waals surface area (Å²) < 4.78 is 0. The van der Waals surface area contributed by atoms with Gasteiger partial charge in [0.1, 0.15) is 5.82 Å². The molecule has 0 aliphatic rings. The number of thioether (sulfide) groups is 1. The summed E-state index contributed by atoms with van der Waals surface area (Å²) in [5, 5.41) is 0.764. The second-order valence-electron chi connectivity index (χ2n) is 3.34. The molecule has 2 nitrogen and oxygen atoms in total. The summed E-state index contributed by atoms with van der Waals surface area (Å²) >= 11 is 7.63. The molecule has 1 heterocycles. The minimum atomic E-state index is 0.552. The molecule has 2 N–H and O–H groups in total. The van der Waals surface area contributed by atoms with E-state index in [1.165, 1.54) is 0 Å². The van der Waals surface area contributed by atoms with Crippen molar-refractivity contribution in [1.29, 1.82) is 0 Å². The number of aromatic nitrogens is 1.